The zero-order valence-electron chi connectivity index (χ0n) is 14.3. The van der Waals surface area contributed by atoms with Crippen LogP contribution in [-0.2, 0) is 0 Å². The first-order chi connectivity index (χ1) is 12.2. The minimum atomic E-state index is 0.379. The van der Waals surface area contributed by atoms with Gasteiger partial charge in [0.05, 0.1) is 20.4 Å². The third-order valence-electron chi connectivity index (χ3n) is 3.52. The van der Waals surface area contributed by atoms with Crippen molar-refractivity contribution in [3.63, 3.8) is 0 Å². The highest BCUT2D eigenvalue weighted by Gasteiger charge is 2.07. The molecule has 0 unspecified atom stereocenters. The summed E-state index contributed by atoms with van der Waals surface area (Å²) in [4.78, 5) is 4.42. The topological polar surface area (TPSA) is 81.2 Å². The highest BCUT2D eigenvalue weighted by molar-refractivity contribution is 5.61. The minimum Gasteiger partial charge on any atom is -0.493 e. The van der Waals surface area contributed by atoms with E-state index >= 15 is 0 Å². The second-order valence-electron chi connectivity index (χ2n) is 5.35. The average Bonchev–Trinajstić information content (AvgIpc) is 2.64. The zero-order chi connectivity index (χ0) is 17.6. The molecule has 0 aliphatic carbocycles. The molecular weight excluding hydrogens is 318 g/mol. The van der Waals surface area contributed by atoms with Gasteiger partial charge in [-0.2, -0.15) is 10.1 Å². The normalized spacial score (nSPS) is 10.2. The van der Waals surface area contributed by atoms with E-state index in [1.807, 2.05) is 49.4 Å². The SMILES string of the molecule is COc1ccc(Nc2nncc(Nc3ccc(C)cc3)n2)cc1OC. The van der Waals surface area contributed by atoms with Gasteiger partial charge >= 0.3 is 0 Å². The maximum atomic E-state index is 5.29. The van der Waals surface area contributed by atoms with E-state index < -0.39 is 0 Å². The first-order valence-corrected chi connectivity index (χ1v) is 7.70. The fourth-order valence-electron chi connectivity index (χ4n) is 2.24. The fraction of sp³-hybridized carbons (Fsp3) is 0.167. The van der Waals surface area contributed by atoms with Crippen molar-refractivity contribution >= 4 is 23.1 Å². The van der Waals surface area contributed by atoms with Crippen molar-refractivity contribution in [1.29, 1.82) is 0 Å². The standard InChI is InChI=1S/C18H19N5O2/c1-12-4-6-13(7-5-12)20-17-11-19-23-18(22-17)21-14-8-9-15(24-2)16(10-14)25-3/h4-11H,1-3H3,(H2,20,21,22,23). The molecule has 0 spiro atoms. The summed E-state index contributed by atoms with van der Waals surface area (Å²) in [5.41, 5.74) is 2.90. The molecule has 0 radical (unpaired) electrons. The Morgan fingerprint density at radius 1 is 0.840 bits per heavy atom. The number of methoxy groups -OCH3 is 2. The zero-order valence-corrected chi connectivity index (χ0v) is 14.3. The molecule has 0 saturated carbocycles. The summed E-state index contributed by atoms with van der Waals surface area (Å²) >= 11 is 0. The number of benzene rings is 2. The van der Waals surface area contributed by atoms with Crippen LogP contribution in [0.1, 0.15) is 5.56 Å². The van der Waals surface area contributed by atoms with Crippen molar-refractivity contribution < 1.29 is 9.47 Å². The Hall–Kier alpha value is -3.35. The Balaban J connectivity index is 1.76. The van der Waals surface area contributed by atoms with E-state index in [4.69, 9.17) is 9.47 Å². The van der Waals surface area contributed by atoms with E-state index in [1.54, 1.807) is 20.4 Å². The van der Waals surface area contributed by atoms with Crippen molar-refractivity contribution in [3.05, 3.63) is 54.2 Å². The third kappa shape index (κ3) is 4.14. The van der Waals surface area contributed by atoms with Crippen LogP contribution in [0.2, 0.25) is 0 Å². The Bertz CT molecular complexity index is 852. The van der Waals surface area contributed by atoms with Gasteiger partial charge < -0.3 is 20.1 Å². The second-order valence-corrected chi connectivity index (χ2v) is 5.35. The lowest BCUT2D eigenvalue weighted by Crippen LogP contribution is -2.02. The fourth-order valence-corrected chi connectivity index (χ4v) is 2.24. The maximum Gasteiger partial charge on any atom is 0.249 e. The second kappa shape index (κ2) is 7.48. The molecule has 0 fully saturated rings. The summed E-state index contributed by atoms with van der Waals surface area (Å²) in [7, 11) is 3.18. The van der Waals surface area contributed by atoms with Crippen LogP contribution in [0.3, 0.4) is 0 Å². The molecule has 25 heavy (non-hydrogen) atoms. The number of nitrogens with one attached hydrogen (secondary N) is 2. The third-order valence-corrected chi connectivity index (χ3v) is 3.52. The molecule has 2 aromatic carbocycles. The molecule has 7 nitrogen and oxygen atoms in total. The lowest BCUT2D eigenvalue weighted by Gasteiger charge is -2.11. The lowest BCUT2D eigenvalue weighted by molar-refractivity contribution is 0.355. The highest BCUT2D eigenvalue weighted by atomic mass is 16.5. The molecule has 0 saturated heterocycles. The van der Waals surface area contributed by atoms with Crippen LogP contribution in [0.25, 0.3) is 0 Å². The molecule has 1 heterocycles. The monoisotopic (exact) mass is 337 g/mol. The summed E-state index contributed by atoms with van der Waals surface area (Å²) in [5.74, 6) is 2.25. The maximum absolute atomic E-state index is 5.29. The van der Waals surface area contributed by atoms with E-state index in [0.717, 1.165) is 11.4 Å². The van der Waals surface area contributed by atoms with Crippen LogP contribution in [0.4, 0.5) is 23.1 Å². The number of rotatable bonds is 6. The summed E-state index contributed by atoms with van der Waals surface area (Å²) in [6.45, 7) is 2.04. The number of hydrogen-bond acceptors (Lipinski definition) is 7. The Kier molecular flexibility index (Phi) is 4.94. The number of aromatic nitrogens is 3. The molecular formula is C18H19N5O2. The average molecular weight is 337 g/mol. The predicted octanol–water partition coefficient (Wildman–Crippen LogP) is 3.68. The number of aryl methyl sites for hydroxylation is 1. The van der Waals surface area contributed by atoms with E-state index in [0.29, 0.717) is 23.3 Å². The van der Waals surface area contributed by atoms with Gasteiger partial charge in [-0.15, -0.1) is 5.10 Å². The lowest BCUT2D eigenvalue weighted by atomic mass is 10.2. The number of anilines is 4. The molecule has 0 bridgehead atoms. The molecule has 3 rings (SSSR count). The smallest absolute Gasteiger partial charge is 0.249 e. The van der Waals surface area contributed by atoms with Crippen LogP contribution in [0.15, 0.2) is 48.7 Å². The van der Waals surface area contributed by atoms with Crippen LogP contribution in [0, 0.1) is 6.92 Å². The van der Waals surface area contributed by atoms with Gasteiger partial charge in [0, 0.05) is 17.4 Å². The van der Waals surface area contributed by atoms with Gasteiger partial charge in [-0.3, -0.25) is 0 Å². The van der Waals surface area contributed by atoms with Crippen LogP contribution < -0.4 is 20.1 Å². The first kappa shape index (κ1) is 16.5. The summed E-state index contributed by atoms with van der Waals surface area (Å²) in [5, 5.41) is 14.3. The van der Waals surface area contributed by atoms with E-state index in [-0.39, 0.29) is 0 Å². The van der Waals surface area contributed by atoms with Crippen LogP contribution >= 0.6 is 0 Å². The van der Waals surface area contributed by atoms with Gasteiger partial charge in [-0.25, -0.2) is 0 Å². The highest BCUT2D eigenvalue weighted by Crippen LogP contribution is 2.30. The summed E-state index contributed by atoms with van der Waals surface area (Å²) in [6.07, 6.45) is 1.57. The Morgan fingerprint density at radius 2 is 1.56 bits per heavy atom. The molecule has 0 atom stereocenters. The molecule has 1 aromatic heterocycles. The molecule has 0 amide bonds. The quantitative estimate of drug-likeness (QED) is 0.710. The number of hydrogen-bond donors (Lipinski definition) is 2. The summed E-state index contributed by atoms with van der Waals surface area (Å²) in [6, 6.07) is 13.5. The van der Waals surface area contributed by atoms with E-state index in [2.05, 4.69) is 25.8 Å². The van der Waals surface area contributed by atoms with E-state index in [1.165, 1.54) is 5.56 Å². The molecule has 0 aliphatic heterocycles. The molecule has 3 aromatic rings. The molecule has 0 aliphatic rings. The van der Waals surface area contributed by atoms with Gasteiger partial charge in [0.25, 0.3) is 0 Å². The molecule has 128 valence electrons. The number of ether oxygens (including phenoxy) is 2. The predicted molar refractivity (Wildman–Crippen MR) is 97.1 cm³/mol. The van der Waals surface area contributed by atoms with Gasteiger partial charge in [-0.1, -0.05) is 17.7 Å². The van der Waals surface area contributed by atoms with Gasteiger partial charge in [0.1, 0.15) is 0 Å². The van der Waals surface area contributed by atoms with Crippen molar-refractivity contribution in [2.75, 3.05) is 24.9 Å². The van der Waals surface area contributed by atoms with Crippen molar-refractivity contribution in [1.82, 2.24) is 15.2 Å². The van der Waals surface area contributed by atoms with Crippen LogP contribution in [0.5, 0.6) is 11.5 Å². The largest absolute Gasteiger partial charge is 0.493 e. The first-order valence-electron chi connectivity index (χ1n) is 7.70. The van der Waals surface area contributed by atoms with Gasteiger partial charge in [0.15, 0.2) is 17.3 Å². The van der Waals surface area contributed by atoms with Crippen molar-refractivity contribution in [2.24, 2.45) is 0 Å². The Morgan fingerprint density at radius 3 is 2.28 bits per heavy atom. The Labute approximate surface area is 146 Å². The van der Waals surface area contributed by atoms with E-state index in [9.17, 15) is 0 Å². The van der Waals surface area contributed by atoms with Crippen molar-refractivity contribution in [2.45, 2.75) is 6.92 Å². The van der Waals surface area contributed by atoms with Crippen LogP contribution in [-0.4, -0.2) is 29.4 Å². The molecule has 7 heteroatoms. The summed E-state index contributed by atoms with van der Waals surface area (Å²) < 4.78 is 10.5. The number of nitrogens with zero attached hydrogens (tertiary/aromatic N) is 3. The minimum absolute atomic E-state index is 0.379. The van der Waals surface area contributed by atoms with Crippen molar-refractivity contribution in [3.8, 4) is 11.5 Å². The molecule has 2 N–H and O–H groups in total. The van der Waals surface area contributed by atoms with Gasteiger partial charge in [0.2, 0.25) is 5.95 Å². The van der Waals surface area contributed by atoms with Gasteiger partial charge in [-0.05, 0) is 31.2 Å².